The molecule has 0 saturated carbocycles. The van der Waals surface area contributed by atoms with E-state index in [0.29, 0.717) is 0 Å². The number of nitrogens with one attached hydrogen (secondary N) is 2. The van der Waals surface area contributed by atoms with Crippen LogP contribution < -0.4 is 10.9 Å². The monoisotopic (exact) mass is 186 g/mol. The molecule has 0 spiro atoms. The van der Waals surface area contributed by atoms with Gasteiger partial charge in [0.2, 0.25) is 0 Å². The molecule has 0 fully saturated rings. The fourth-order valence-electron chi connectivity index (χ4n) is 2.09. The molecule has 0 unspecified atom stereocenters. The van der Waals surface area contributed by atoms with Crippen molar-refractivity contribution in [3.63, 3.8) is 0 Å². The summed E-state index contributed by atoms with van der Waals surface area (Å²) in [6.45, 7) is 0.973. The summed E-state index contributed by atoms with van der Waals surface area (Å²) in [7, 11) is 0. The minimum atomic E-state index is -0.00259. The van der Waals surface area contributed by atoms with Crippen molar-refractivity contribution in [2.45, 2.75) is 6.42 Å². The fraction of sp³-hybridized carbons (Fsp3) is 0.182. The van der Waals surface area contributed by atoms with Crippen LogP contribution in [0.2, 0.25) is 0 Å². The van der Waals surface area contributed by atoms with Crippen LogP contribution in [0.4, 0.5) is 5.69 Å². The number of pyridine rings is 1. The Morgan fingerprint density at radius 2 is 2.07 bits per heavy atom. The third-order valence-electron chi connectivity index (χ3n) is 2.76. The molecule has 1 aromatic heterocycles. The third-order valence-corrected chi connectivity index (χ3v) is 2.76. The van der Waals surface area contributed by atoms with Crippen LogP contribution in [0, 0.1) is 0 Å². The van der Waals surface area contributed by atoms with Gasteiger partial charge in [-0.15, -0.1) is 0 Å². The Kier molecular flexibility index (Phi) is 1.42. The molecule has 3 nitrogen and oxygen atoms in total. The van der Waals surface area contributed by atoms with Crippen LogP contribution >= 0.6 is 0 Å². The molecule has 70 valence electrons. The molecule has 1 aromatic carbocycles. The minimum Gasteiger partial charge on any atom is -0.384 e. The summed E-state index contributed by atoms with van der Waals surface area (Å²) in [6, 6.07) is 5.84. The summed E-state index contributed by atoms with van der Waals surface area (Å²) in [5.74, 6) is 0. The highest BCUT2D eigenvalue weighted by molar-refractivity contribution is 5.90. The van der Waals surface area contributed by atoms with Crippen LogP contribution in [0.1, 0.15) is 5.56 Å². The Hall–Kier alpha value is -1.77. The van der Waals surface area contributed by atoms with Gasteiger partial charge < -0.3 is 10.3 Å². The van der Waals surface area contributed by atoms with Gasteiger partial charge in [-0.25, -0.2) is 0 Å². The fourth-order valence-corrected chi connectivity index (χ4v) is 2.09. The van der Waals surface area contributed by atoms with Crippen LogP contribution in [-0.4, -0.2) is 11.5 Å². The number of fused-ring (bicyclic) bond motifs is 3. The SMILES string of the molecule is O=c1[nH]ccc2c3c(ccc12)NCC3. The predicted octanol–water partition coefficient (Wildman–Crippen LogP) is 1.50. The van der Waals surface area contributed by atoms with Crippen molar-refractivity contribution in [3.05, 3.63) is 40.3 Å². The van der Waals surface area contributed by atoms with Crippen LogP contribution in [0.5, 0.6) is 0 Å². The summed E-state index contributed by atoms with van der Waals surface area (Å²) in [6.07, 6.45) is 2.72. The Balaban J connectivity index is 2.50. The summed E-state index contributed by atoms with van der Waals surface area (Å²) in [4.78, 5) is 14.2. The van der Waals surface area contributed by atoms with Gasteiger partial charge >= 0.3 is 0 Å². The normalized spacial score (nSPS) is 14.0. The van der Waals surface area contributed by atoms with Gasteiger partial charge in [-0.1, -0.05) is 0 Å². The summed E-state index contributed by atoms with van der Waals surface area (Å²) in [5, 5.41) is 5.17. The first-order valence-electron chi connectivity index (χ1n) is 4.73. The minimum absolute atomic E-state index is 0.00259. The molecule has 0 saturated heterocycles. The highest BCUT2D eigenvalue weighted by Crippen LogP contribution is 2.28. The second kappa shape index (κ2) is 2.61. The highest BCUT2D eigenvalue weighted by atomic mass is 16.1. The van der Waals surface area contributed by atoms with Crippen LogP contribution in [0.25, 0.3) is 10.8 Å². The molecule has 1 aliphatic heterocycles. The van der Waals surface area contributed by atoms with Gasteiger partial charge in [0.1, 0.15) is 0 Å². The van der Waals surface area contributed by atoms with E-state index < -0.39 is 0 Å². The van der Waals surface area contributed by atoms with E-state index in [9.17, 15) is 4.79 Å². The number of H-pyrrole nitrogens is 1. The van der Waals surface area contributed by atoms with Crippen LogP contribution in [0.15, 0.2) is 29.2 Å². The summed E-state index contributed by atoms with van der Waals surface area (Å²) >= 11 is 0. The van der Waals surface area contributed by atoms with Crippen molar-refractivity contribution in [2.75, 3.05) is 11.9 Å². The van der Waals surface area contributed by atoms with E-state index in [1.807, 2.05) is 18.2 Å². The van der Waals surface area contributed by atoms with Gasteiger partial charge in [0.25, 0.3) is 5.56 Å². The molecule has 3 rings (SSSR count). The molecule has 3 heteroatoms. The quantitative estimate of drug-likeness (QED) is 0.654. The molecule has 0 atom stereocenters. The van der Waals surface area contributed by atoms with E-state index >= 15 is 0 Å². The topological polar surface area (TPSA) is 44.9 Å². The Bertz CT molecular complexity index is 557. The van der Waals surface area contributed by atoms with Crippen molar-refractivity contribution in [1.82, 2.24) is 4.98 Å². The van der Waals surface area contributed by atoms with E-state index in [-0.39, 0.29) is 5.56 Å². The van der Waals surface area contributed by atoms with Gasteiger partial charge in [0.15, 0.2) is 0 Å². The van der Waals surface area contributed by atoms with Crippen molar-refractivity contribution < 1.29 is 0 Å². The number of rotatable bonds is 0. The highest BCUT2D eigenvalue weighted by Gasteiger charge is 2.13. The molecule has 2 aromatic rings. The van der Waals surface area contributed by atoms with E-state index in [1.165, 1.54) is 11.3 Å². The van der Waals surface area contributed by atoms with Gasteiger partial charge in [-0.2, -0.15) is 0 Å². The van der Waals surface area contributed by atoms with E-state index in [2.05, 4.69) is 10.3 Å². The lowest BCUT2D eigenvalue weighted by Gasteiger charge is -2.03. The maximum absolute atomic E-state index is 11.5. The van der Waals surface area contributed by atoms with Gasteiger partial charge in [0.05, 0.1) is 0 Å². The largest absolute Gasteiger partial charge is 0.384 e. The predicted molar refractivity (Wildman–Crippen MR) is 56.8 cm³/mol. The number of aromatic nitrogens is 1. The van der Waals surface area contributed by atoms with Crippen molar-refractivity contribution in [2.24, 2.45) is 0 Å². The van der Waals surface area contributed by atoms with Crippen LogP contribution in [-0.2, 0) is 6.42 Å². The molecule has 0 aliphatic carbocycles. The summed E-state index contributed by atoms with van der Waals surface area (Å²) in [5.41, 5.74) is 2.44. The number of benzene rings is 1. The van der Waals surface area contributed by atoms with E-state index in [0.717, 1.165) is 23.7 Å². The average Bonchev–Trinajstić information content (AvgIpc) is 2.66. The lowest BCUT2D eigenvalue weighted by molar-refractivity contribution is 1.11. The van der Waals surface area contributed by atoms with E-state index in [4.69, 9.17) is 0 Å². The molecule has 1 aliphatic rings. The van der Waals surface area contributed by atoms with Crippen molar-refractivity contribution in [3.8, 4) is 0 Å². The maximum Gasteiger partial charge on any atom is 0.255 e. The average molecular weight is 186 g/mol. The summed E-state index contributed by atoms with van der Waals surface area (Å²) < 4.78 is 0. The van der Waals surface area contributed by atoms with Gasteiger partial charge in [-0.05, 0) is 35.6 Å². The molecular weight excluding hydrogens is 176 g/mol. The van der Waals surface area contributed by atoms with Crippen molar-refractivity contribution >= 4 is 16.5 Å². The zero-order chi connectivity index (χ0) is 9.54. The third kappa shape index (κ3) is 0.894. The molecule has 2 N–H and O–H groups in total. The molecular formula is C11H10N2O. The lowest BCUT2D eigenvalue weighted by Crippen LogP contribution is -2.04. The maximum atomic E-state index is 11.5. The first-order valence-corrected chi connectivity index (χ1v) is 4.73. The van der Waals surface area contributed by atoms with Crippen LogP contribution in [0.3, 0.4) is 0 Å². The number of hydrogen-bond acceptors (Lipinski definition) is 2. The molecule has 0 radical (unpaired) electrons. The Morgan fingerprint density at radius 1 is 1.14 bits per heavy atom. The zero-order valence-corrected chi connectivity index (χ0v) is 7.63. The standard InChI is InChI=1S/C11H10N2O/c14-11-9-1-2-10-8(4-5-12-10)7(9)3-6-13-11/h1-3,6,12H,4-5H2,(H,13,14). The molecule has 14 heavy (non-hydrogen) atoms. The number of hydrogen-bond donors (Lipinski definition) is 2. The first kappa shape index (κ1) is 7.62. The Morgan fingerprint density at radius 3 is 3.00 bits per heavy atom. The number of aromatic amines is 1. The van der Waals surface area contributed by atoms with Gasteiger partial charge in [-0.3, -0.25) is 4.79 Å². The number of anilines is 1. The first-order chi connectivity index (χ1) is 6.86. The lowest BCUT2D eigenvalue weighted by atomic mass is 10.0. The van der Waals surface area contributed by atoms with Crippen molar-refractivity contribution in [1.29, 1.82) is 0 Å². The Labute approximate surface area is 80.8 Å². The smallest absolute Gasteiger partial charge is 0.255 e. The second-order valence-corrected chi connectivity index (χ2v) is 3.54. The molecule has 2 heterocycles. The molecule has 0 amide bonds. The van der Waals surface area contributed by atoms with Gasteiger partial charge in [0, 0.05) is 23.8 Å². The molecule has 0 bridgehead atoms. The second-order valence-electron chi connectivity index (χ2n) is 3.54. The van der Waals surface area contributed by atoms with E-state index in [1.54, 1.807) is 6.20 Å². The zero-order valence-electron chi connectivity index (χ0n) is 7.63.